The van der Waals surface area contributed by atoms with Gasteiger partial charge in [-0.2, -0.15) is 31.4 Å². The lowest BCUT2D eigenvalue weighted by atomic mass is 10.1. The van der Waals surface area contributed by atoms with Crippen molar-refractivity contribution < 1.29 is 36.2 Å². The Labute approximate surface area is 148 Å². The van der Waals surface area contributed by atoms with Gasteiger partial charge in [-0.3, -0.25) is 0 Å². The zero-order chi connectivity index (χ0) is 20.0. The highest BCUT2D eigenvalue weighted by atomic mass is 19.4. The average Bonchev–Trinajstić information content (AvgIpc) is 2.95. The first-order chi connectivity index (χ1) is 12.5. The van der Waals surface area contributed by atoms with Crippen LogP contribution in [0.5, 0.6) is 0 Å². The number of benzene rings is 1. The van der Waals surface area contributed by atoms with Gasteiger partial charge in [0, 0.05) is 19.6 Å². The van der Waals surface area contributed by atoms with E-state index in [0.29, 0.717) is 12.0 Å². The molecule has 0 unspecified atom stereocenters. The first kappa shape index (κ1) is 19.1. The maximum Gasteiger partial charge on any atom is 0.436 e. The molecule has 0 fully saturated rings. The SMILES string of the molecule is O=C(O)c1c(C(F)(F)F)nn2c1N(Cc1ccc(C(F)(F)F)cc1)CCC2. The van der Waals surface area contributed by atoms with E-state index in [4.69, 9.17) is 0 Å². The van der Waals surface area contributed by atoms with Crippen molar-refractivity contribution in [3.63, 3.8) is 0 Å². The number of nitrogens with zero attached hydrogens (tertiary/aromatic N) is 3. The van der Waals surface area contributed by atoms with Crippen molar-refractivity contribution in [1.29, 1.82) is 0 Å². The second-order valence-electron chi connectivity index (χ2n) is 6.04. The fourth-order valence-electron chi connectivity index (χ4n) is 3.02. The molecule has 0 spiro atoms. The number of hydrogen-bond acceptors (Lipinski definition) is 3. The third-order valence-electron chi connectivity index (χ3n) is 4.16. The molecule has 2 heterocycles. The molecule has 1 aromatic carbocycles. The zero-order valence-corrected chi connectivity index (χ0v) is 13.6. The van der Waals surface area contributed by atoms with Crippen LogP contribution in [-0.2, 0) is 25.4 Å². The summed E-state index contributed by atoms with van der Waals surface area (Å²) in [6.45, 7) is 0.334. The third-order valence-corrected chi connectivity index (χ3v) is 4.16. The fraction of sp³-hybridized carbons (Fsp3) is 0.375. The molecule has 1 aromatic heterocycles. The molecule has 27 heavy (non-hydrogen) atoms. The zero-order valence-electron chi connectivity index (χ0n) is 13.6. The summed E-state index contributed by atoms with van der Waals surface area (Å²) in [4.78, 5) is 12.8. The summed E-state index contributed by atoms with van der Waals surface area (Å²) in [5.41, 5.74) is -2.87. The number of carbonyl (C=O) groups is 1. The van der Waals surface area contributed by atoms with Crippen LogP contribution in [0.3, 0.4) is 0 Å². The van der Waals surface area contributed by atoms with Crippen molar-refractivity contribution in [2.45, 2.75) is 31.9 Å². The van der Waals surface area contributed by atoms with Crippen molar-refractivity contribution in [2.24, 2.45) is 0 Å². The molecule has 146 valence electrons. The summed E-state index contributed by atoms with van der Waals surface area (Å²) in [6, 6.07) is 4.16. The van der Waals surface area contributed by atoms with Gasteiger partial charge < -0.3 is 10.0 Å². The fourth-order valence-corrected chi connectivity index (χ4v) is 3.02. The van der Waals surface area contributed by atoms with Gasteiger partial charge >= 0.3 is 18.3 Å². The Morgan fingerprint density at radius 1 is 1.04 bits per heavy atom. The monoisotopic (exact) mass is 393 g/mol. The molecule has 1 N–H and O–H groups in total. The van der Waals surface area contributed by atoms with E-state index in [-0.39, 0.29) is 25.5 Å². The predicted octanol–water partition coefficient (Wildman–Crippen LogP) is 4.03. The Balaban J connectivity index is 1.97. The van der Waals surface area contributed by atoms with Gasteiger partial charge in [0.2, 0.25) is 0 Å². The molecule has 0 atom stereocenters. The van der Waals surface area contributed by atoms with Crippen molar-refractivity contribution in [3.8, 4) is 0 Å². The van der Waals surface area contributed by atoms with Gasteiger partial charge in [0.25, 0.3) is 0 Å². The maximum atomic E-state index is 13.1. The predicted molar refractivity (Wildman–Crippen MR) is 81.3 cm³/mol. The maximum absolute atomic E-state index is 13.1. The number of hydrogen-bond donors (Lipinski definition) is 1. The van der Waals surface area contributed by atoms with E-state index in [9.17, 15) is 36.2 Å². The number of carboxylic acids is 1. The Hall–Kier alpha value is -2.72. The van der Waals surface area contributed by atoms with E-state index in [2.05, 4.69) is 5.10 Å². The molecule has 0 amide bonds. The number of alkyl halides is 6. The van der Waals surface area contributed by atoms with Gasteiger partial charge in [-0.25, -0.2) is 9.48 Å². The van der Waals surface area contributed by atoms with Crippen LogP contribution in [0.2, 0.25) is 0 Å². The van der Waals surface area contributed by atoms with Gasteiger partial charge in [0.1, 0.15) is 11.4 Å². The van der Waals surface area contributed by atoms with Gasteiger partial charge in [-0.15, -0.1) is 0 Å². The van der Waals surface area contributed by atoms with Crippen LogP contribution in [0, 0.1) is 0 Å². The van der Waals surface area contributed by atoms with E-state index < -0.39 is 35.1 Å². The topological polar surface area (TPSA) is 58.4 Å². The minimum atomic E-state index is -4.93. The minimum Gasteiger partial charge on any atom is -0.477 e. The molecule has 5 nitrogen and oxygen atoms in total. The second-order valence-corrected chi connectivity index (χ2v) is 6.04. The normalized spacial score (nSPS) is 15.0. The average molecular weight is 393 g/mol. The van der Waals surface area contributed by atoms with Crippen LogP contribution in [-0.4, -0.2) is 27.4 Å². The highest BCUT2D eigenvalue weighted by Gasteiger charge is 2.43. The molecule has 1 aliphatic rings. The summed E-state index contributed by atoms with van der Waals surface area (Å²) < 4.78 is 78.3. The van der Waals surface area contributed by atoms with Gasteiger partial charge in [0.05, 0.1) is 5.56 Å². The molecule has 1 aliphatic heterocycles. The second kappa shape index (κ2) is 6.46. The first-order valence-corrected chi connectivity index (χ1v) is 7.81. The lowest BCUT2D eigenvalue weighted by Crippen LogP contribution is -2.33. The number of halogens is 6. The van der Waals surface area contributed by atoms with Crippen molar-refractivity contribution in [3.05, 3.63) is 46.6 Å². The summed E-state index contributed by atoms with van der Waals surface area (Å²) in [7, 11) is 0. The molecule has 0 saturated heterocycles. The number of rotatable bonds is 3. The highest BCUT2D eigenvalue weighted by molar-refractivity contribution is 5.95. The summed E-state index contributed by atoms with van der Waals surface area (Å²) in [6.07, 6.45) is -9.01. The van der Waals surface area contributed by atoms with Crippen LogP contribution >= 0.6 is 0 Å². The number of aromatic nitrogens is 2. The molecule has 0 aliphatic carbocycles. The molecular weight excluding hydrogens is 380 g/mol. The van der Waals surface area contributed by atoms with Crippen LogP contribution in [0.1, 0.15) is 33.6 Å². The third kappa shape index (κ3) is 3.71. The number of aromatic carboxylic acids is 1. The van der Waals surface area contributed by atoms with Gasteiger partial charge in [0.15, 0.2) is 5.69 Å². The number of fused-ring (bicyclic) bond motifs is 1. The molecule has 0 bridgehead atoms. The highest BCUT2D eigenvalue weighted by Crippen LogP contribution is 2.38. The molecule has 11 heteroatoms. The number of anilines is 1. The van der Waals surface area contributed by atoms with Crippen LogP contribution in [0.4, 0.5) is 32.2 Å². The van der Waals surface area contributed by atoms with E-state index in [0.717, 1.165) is 16.8 Å². The summed E-state index contributed by atoms with van der Waals surface area (Å²) in [5, 5.41) is 12.7. The van der Waals surface area contributed by atoms with Crippen molar-refractivity contribution in [2.75, 3.05) is 11.4 Å². The standard InChI is InChI=1S/C16H13F6N3O2/c17-15(18,19)10-4-2-9(3-5-10)8-24-6-1-7-25-13(24)11(14(26)27)12(23-25)16(20,21)22/h2-5H,1,6-8H2,(H,26,27). The van der Waals surface area contributed by atoms with Crippen LogP contribution < -0.4 is 4.90 Å². The minimum absolute atomic E-state index is 0.0403. The van der Waals surface area contributed by atoms with Crippen LogP contribution in [0.15, 0.2) is 24.3 Å². The number of carboxylic acid groups (broad SMARTS) is 1. The lowest BCUT2D eigenvalue weighted by molar-refractivity contribution is -0.142. The summed E-state index contributed by atoms with van der Waals surface area (Å²) in [5.74, 6) is -1.95. The van der Waals surface area contributed by atoms with Gasteiger partial charge in [-0.05, 0) is 24.1 Å². The smallest absolute Gasteiger partial charge is 0.436 e. The number of aryl methyl sites for hydroxylation is 1. The van der Waals surface area contributed by atoms with E-state index in [1.807, 2.05) is 0 Å². The van der Waals surface area contributed by atoms with E-state index >= 15 is 0 Å². The molecule has 3 rings (SSSR count). The largest absolute Gasteiger partial charge is 0.477 e. The van der Waals surface area contributed by atoms with Crippen molar-refractivity contribution >= 4 is 11.8 Å². The Morgan fingerprint density at radius 3 is 2.19 bits per heavy atom. The molecule has 2 aromatic rings. The lowest BCUT2D eigenvalue weighted by Gasteiger charge is -2.30. The Kier molecular flexibility index (Phi) is 4.56. The van der Waals surface area contributed by atoms with E-state index in [1.54, 1.807) is 0 Å². The van der Waals surface area contributed by atoms with Gasteiger partial charge in [-0.1, -0.05) is 12.1 Å². The molecular formula is C16H13F6N3O2. The van der Waals surface area contributed by atoms with Crippen molar-refractivity contribution in [1.82, 2.24) is 9.78 Å². The summed E-state index contributed by atoms with van der Waals surface area (Å²) >= 11 is 0. The van der Waals surface area contributed by atoms with E-state index in [1.165, 1.54) is 17.0 Å². The Bertz CT molecular complexity index is 855. The molecule has 0 radical (unpaired) electrons. The first-order valence-electron chi connectivity index (χ1n) is 7.81. The molecule has 0 saturated carbocycles. The quantitative estimate of drug-likeness (QED) is 0.800. The Morgan fingerprint density at radius 2 is 1.67 bits per heavy atom. The van der Waals surface area contributed by atoms with Crippen LogP contribution in [0.25, 0.3) is 0 Å².